The maximum atomic E-state index is 12.7. The summed E-state index contributed by atoms with van der Waals surface area (Å²) in [6, 6.07) is 2.52. The summed E-state index contributed by atoms with van der Waals surface area (Å²) in [5.41, 5.74) is -1.54. The van der Waals surface area contributed by atoms with Crippen LogP contribution in [-0.2, 0) is 11.0 Å². The first-order chi connectivity index (χ1) is 8.68. The Bertz CT molecular complexity index is 472. The molecule has 0 heterocycles. The molecule has 0 aliphatic carbocycles. The van der Waals surface area contributed by atoms with Crippen molar-refractivity contribution in [3.63, 3.8) is 0 Å². The Balaban J connectivity index is 3.22. The van der Waals surface area contributed by atoms with E-state index >= 15 is 0 Å². The molecule has 0 fully saturated rings. The molecule has 3 N–H and O–H groups in total. The van der Waals surface area contributed by atoms with Crippen LogP contribution in [0, 0.1) is 0 Å². The van der Waals surface area contributed by atoms with Crippen molar-refractivity contribution in [3.05, 3.63) is 29.3 Å². The molecule has 2 atom stereocenters. The Morgan fingerprint density at radius 3 is 2.32 bits per heavy atom. The first kappa shape index (κ1) is 15.3. The molecule has 0 spiro atoms. The number of hydrogen-bond acceptors (Lipinski definition) is 4. The lowest BCUT2D eigenvalue weighted by Crippen LogP contribution is -2.27. The molecule has 1 aromatic carbocycles. The highest BCUT2D eigenvalue weighted by Crippen LogP contribution is 2.37. The number of alkyl halides is 3. The van der Waals surface area contributed by atoms with E-state index in [1.165, 1.54) is 0 Å². The first-order valence-electron chi connectivity index (χ1n) is 5.02. The molecule has 1 rings (SSSR count). The number of halogens is 3. The van der Waals surface area contributed by atoms with Gasteiger partial charge >= 0.3 is 12.1 Å². The zero-order valence-electron chi connectivity index (χ0n) is 9.68. The minimum Gasteiger partial charge on any atom is -0.496 e. The van der Waals surface area contributed by atoms with Gasteiger partial charge in [-0.2, -0.15) is 13.2 Å². The molecule has 0 saturated heterocycles. The smallest absolute Gasteiger partial charge is 0.419 e. The molecule has 106 valence electrons. The molecule has 0 saturated carbocycles. The zero-order valence-corrected chi connectivity index (χ0v) is 9.68. The van der Waals surface area contributed by atoms with Crippen molar-refractivity contribution in [1.82, 2.24) is 0 Å². The molecule has 0 amide bonds. The zero-order chi connectivity index (χ0) is 14.8. The highest BCUT2D eigenvalue weighted by atomic mass is 19.4. The van der Waals surface area contributed by atoms with E-state index in [2.05, 4.69) is 4.74 Å². The van der Waals surface area contributed by atoms with Gasteiger partial charge in [-0.1, -0.05) is 6.07 Å². The van der Waals surface area contributed by atoms with Crippen LogP contribution >= 0.6 is 0 Å². The third kappa shape index (κ3) is 3.36. The molecule has 2 unspecified atom stereocenters. The Kier molecular flexibility index (Phi) is 4.38. The summed E-state index contributed by atoms with van der Waals surface area (Å²) >= 11 is 0. The van der Waals surface area contributed by atoms with Crippen LogP contribution in [0.15, 0.2) is 18.2 Å². The van der Waals surface area contributed by atoms with E-state index in [0.29, 0.717) is 6.07 Å². The van der Waals surface area contributed by atoms with Gasteiger partial charge in [-0.05, 0) is 17.7 Å². The largest absolute Gasteiger partial charge is 0.496 e. The SMILES string of the molecule is COc1ccc(C(O)C(O)C(=O)O)cc1C(F)(F)F. The molecule has 1 aromatic rings. The van der Waals surface area contributed by atoms with Crippen LogP contribution in [0.4, 0.5) is 13.2 Å². The van der Waals surface area contributed by atoms with Gasteiger partial charge in [0, 0.05) is 0 Å². The number of benzene rings is 1. The quantitative estimate of drug-likeness (QED) is 0.771. The van der Waals surface area contributed by atoms with E-state index in [1.807, 2.05) is 0 Å². The normalized spacial score (nSPS) is 14.8. The van der Waals surface area contributed by atoms with Crippen molar-refractivity contribution >= 4 is 5.97 Å². The fraction of sp³-hybridized carbons (Fsp3) is 0.364. The summed E-state index contributed by atoms with van der Waals surface area (Å²) in [4.78, 5) is 10.5. The highest BCUT2D eigenvalue weighted by Gasteiger charge is 2.36. The monoisotopic (exact) mass is 280 g/mol. The maximum Gasteiger partial charge on any atom is 0.419 e. The molecular weight excluding hydrogens is 269 g/mol. The summed E-state index contributed by atoms with van der Waals surface area (Å²) < 4.78 is 42.6. The van der Waals surface area contributed by atoms with Crippen molar-refractivity contribution in [3.8, 4) is 5.75 Å². The summed E-state index contributed by atoms with van der Waals surface area (Å²) in [6.45, 7) is 0. The topological polar surface area (TPSA) is 87.0 Å². The van der Waals surface area contributed by atoms with E-state index in [0.717, 1.165) is 19.2 Å². The van der Waals surface area contributed by atoms with Gasteiger partial charge in [0.15, 0.2) is 6.10 Å². The molecular formula is C11H11F3O5. The number of carbonyl (C=O) groups is 1. The van der Waals surface area contributed by atoms with Crippen LogP contribution in [0.5, 0.6) is 5.75 Å². The Morgan fingerprint density at radius 2 is 1.89 bits per heavy atom. The number of rotatable bonds is 4. The van der Waals surface area contributed by atoms with E-state index in [1.54, 1.807) is 0 Å². The molecule has 5 nitrogen and oxygen atoms in total. The van der Waals surface area contributed by atoms with Crippen LogP contribution in [0.3, 0.4) is 0 Å². The van der Waals surface area contributed by atoms with Crippen molar-refractivity contribution in [1.29, 1.82) is 0 Å². The molecule has 0 aromatic heterocycles. The number of aliphatic hydroxyl groups excluding tert-OH is 2. The number of carboxylic acid groups (broad SMARTS) is 1. The number of aliphatic hydroxyl groups is 2. The summed E-state index contributed by atoms with van der Waals surface area (Å²) in [7, 11) is 1.05. The average molecular weight is 280 g/mol. The summed E-state index contributed by atoms with van der Waals surface area (Å²) in [6.07, 6.45) is -8.91. The van der Waals surface area contributed by atoms with Gasteiger partial charge in [0.25, 0.3) is 0 Å². The Morgan fingerprint density at radius 1 is 1.32 bits per heavy atom. The minimum absolute atomic E-state index is 0.372. The van der Waals surface area contributed by atoms with Gasteiger partial charge < -0.3 is 20.1 Å². The van der Waals surface area contributed by atoms with Crippen molar-refractivity contribution in [2.24, 2.45) is 0 Å². The predicted molar refractivity (Wildman–Crippen MR) is 56.6 cm³/mol. The third-order valence-corrected chi connectivity index (χ3v) is 2.42. The lowest BCUT2D eigenvalue weighted by molar-refractivity contribution is -0.153. The Labute approximate surface area is 105 Å². The summed E-state index contributed by atoms with van der Waals surface area (Å²) in [5, 5.41) is 27.1. The molecule has 0 aliphatic rings. The highest BCUT2D eigenvalue weighted by molar-refractivity contribution is 5.73. The summed E-state index contributed by atoms with van der Waals surface area (Å²) in [5.74, 6) is -2.20. The Hall–Kier alpha value is -1.80. The standard InChI is InChI=1S/C11H11F3O5/c1-19-7-3-2-5(4-6(7)11(12,13)14)8(15)9(16)10(17)18/h2-4,8-9,15-16H,1H3,(H,17,18). The fourth-order valence-corrected chi connectivity index (χ4v) is 1.45. The third-order valence-electron chi connectivity index (χ3n) is 2.42. The first-order valence-corrected chi connectivity index (χ1v) is 5.02. The number of aliphatic carboxylic acids is 1. The minimum atomic E-state index is -4.73. The second-order valence-corrected chi connectivity index (χ2v) is 3.69. The van der Waals surface area contributed by atoms with E-state index < -0.39 is 35.7 Å². The molecule has 19 heavy (non-hydrogen) atoms. The van der Waals surface area contributed by atoms with Crippen LogP contribution in [0.2, 0.25) is 0 Å². The molecule has 0 radical (unpaired) electrons. The molecule has 0 bridgehead atoms. The number of ether oxygens (including phenoxy) is 1. The molecule has 0 aliphatic heterocycles. The van der Waals surface area contributed by atoms with E-state index in [4.69, 9.17) is 10.2 Å². The van der Waals surface area contributed by atoms with Gasteiger partial charge in [-0.15, -0.1) is 0 Å². The van der Waals surface area contributed by atoms with Crippen molar-refractivity contribution in [2.45, 2.75) is 18.4 Å². The van der Waals surface area contributed by atoms with Crippen LogP contribution in [0.1, 0.15) is 17.2 Å². The van der Waals surface area contributed by atoms with E-state index in [9.17, 15) is 23.1 Å². The van der Waals surface area contributed by atoms with E-state index in [-0.39, 0.29) is 5.56 Å². The van der Waals surface area contributed by atoms with Crippen LogP contribution < -0.4 is 4.74 Å². The predicted octanol–water partition coefficient (Wildman–Crippen LogP) is 1.19. The average Bonchev–Trinajstić information content (AvgIpc) is 2.35. The van der Waals surface area contributed by atoms with Gasteiger partial charge in [0.2, 0.25) is 0 Å². The lowest BCUT2D eigenvalue weighted by Gasteiger charge is -2.18. The lowest BCUT2D eigenvalue weighted by atomic mass is 10.0. The number of methoxy groups -OCH3 is 1. The van der Waals surface area contributed by atoms with Crippen LogP contribution in [-0.4, -0.2) is 34.5 Å². The van der Waals surface area contributed by atoms with Gasteiger partial charge in [-0.25, -0.2) is 4.79 Å². The fourth-order valence-electron chi connectivity index (χ4n) is 1.45. The van der Waals surface area contributed by atoms with Gasteiger partial charge in [0.1, 0.15) is 11.9 Å². The van der Waals surface area contributed by atoms with Crippen LogP contribution in [0.25, 0.3) is 0 Å². The number of hydrogen-bond donors (Lipinski definition) is 3. The maximum absolute atomic E-state index is 12.7. The van der Waals surface area contributed by atoms with Crippen molar-refractivity contribution < 1.29 is 38.0 Å². The number of carboxylic acids is 1. The van der Waals surface area contributed by atoms with Crippen molar-refractivity contribution in [2.75, 3.05) is 7.11 Å². The van der Waals surface area contributed by atoms with Gasteiger partial charge in [0.05, 0.1) is 12.7 Å². The van der Waals surface area contributed by atoms with Gasteiger partial charge in [-0.3, -0.25) is 0 Å². The second-order valence-electron chi connectivity index (χ2n) is 3.69. The molecule has 8 heteroatoms. The second kappa shape index (κ2) is 5.45.